The number of aromatic nitrogens is 1. The Morgan fingerprint density at radius 1 is 1.21 bits per heavy atom. The molecular formula is C21H32IN5O. The smallest absolute Gasteiger partial charge is 0.191 e. The molecule has 6 nitrogen and oxygen atoms in total. The Hall–Kier alpha value is -2.03. The van der Waals surface area contributed by atoms with Crippen LogP contribution in [0.2, 0.25) is 0 Å². The number of halogens is 1. The molecule has 0 bridgehead atoms. The second-order valence-electron chi connectivity index (χ2n) is 6.56. The molecule has 2 aromatic rings. The molecule has 0 fully saturated rings. The highest BCUT2D eigenvalue weighted by Gasteiger charge is 2.06. The average molecular weight is 497 g/mol. The van der Waals surface area contributed by atoms with Gasteiger partial charge in [-0.1, -0.05) is 18.2 Å². The van der Waals surface area contributed by atoms with Crippen LogP contribution in [-0.2, 0) is 13.0 Å². The van der Waals surface area contributed by atoms with E-state index in [1.165, 1.54) is 5.56 Å². The van der Waals surface area contributed by atoms with Gasteiger partial charge in [0.05, 0.1) is 13.7 Å². The Bertz CT molecular complexity index is 764. The Morgan fingerprint density at radius 2 is 2.00 bits per heavy atom. The lowest BCUT2D eigenvalue weighted by Gasteiger charge is -2.16. The van der Waals surface area contributed by atoms with Gasteiger partial charge in [-0.3, -0.25) is 0 Å². The number of methoxy groups -OCH3 is 1. The molecule has 2 N–H and O–H groups in total. The Balaban J connectivity index is 0.00000392. The summed E-state index contributed by atoms with van der Waals surface area (Å²) >= 11 is 0. The standard InChI is InChI=1S/C21H31N5O.HI/c1-6-22-21(25-15-18-8-7-12-23-20(18)26(3)4)24-13-11-17-10-9-16(2)19(14-17)27-5;/h7-10,12,14H,6,11,13,15H2,1-5H3,(H2,22,24,25);1H. The third-order valence-electron chi connectivity index (χ3n) is 4.22. The van der Waals surface area contributed by atoms with E-state index in [9.17, 15) is 0 Å². The first-order valence-corrected chi connectivity index (χ1v) is 9.32. The monoisotopic (exact) mass is 497 g/mol. The molecule has 0 aliphatic rings. The molecule has 0 saturated carbocycles. The summed E-state index contributed by atoms with van der Waals surface area (Å²) in [4.78, 5) is 11.2. The number of hydrogen-bond acceptors (Lipinski definition) is 4. The first-order valence-electron chi connectivity index (χ1n) is 9.32. The zero-order chi connectivity index (χ0) is 19.6. The lowest BCUT2D eigenvalue weighted by molar-refractivity contribution is 0.411. The van der Waals surface area contributed by atoms with Crippen molar-refractivity contribution in [2.75, 3.05) is 39.2 Å². The minimum Gasteiger partial charge on any atom is -0.496 e. The van der Waals surface area contributed by atoms with Crippen molar-refractivity contribution in [3.8, 4) is 5.75 Å². The molecule has 0 unspecified atom stereocenters. The van der Waals surface area contributed by atoms with Crippen LogP contribution in [0, 0.1) is 6.92 Å². The van der Waals surface area contributed by atoms with Gasteiger partial charge in [-0.05, 0) is 43.5 Å². The van der Waals surface area contributed by atoms with Crippen molar-refractivity contribution < 1.29 is 4.74 Å². The Morgan fingerprint density at radius 3 is 2.68 bits per heavy atom. The second kappa shape index (κ2) is 12.4. The maximum atomic E-state index is 5.40. The Labute approximate surface area is 185 Å². The summed E-state index contributed by atoms with van der Waals surface area (Å²) < 4.78 is 5.40. The number of guanidine groups is 1. The van der Waals surface area contributed by atoms with E-state index in [2.05, 4.69) is 53.7 Å². The molecule has 7 heteroatoms. The van der Waals surface area contributed by atoms with Crippen molar-refractivity contribution >= 4 is 35.8 Å². The van der Waals surface area contributed by atoms with Gasteiger partial charge in [0, 0.05) is 38.9 Å². The molecule has 28 heavy (non-hydrogen) atoms. The predicted molar refractivity (Wildman–Crippen MR) is 128 cm³/mol. The van der Waals surface area contributed by atoms with Gasteiger partial charge in [0.1, 0.15) is 11.6 Å². The molecule has 0 aliphatic heterocycles. The van der Waals surface area contributed by atoms with Gasteiger partial charge in [0.25, 0.3) is 0 Å². The number of ether oxygens (including phenoxy) is 1. The van der Waals surface area contributed by atoms with Gasteiger partial charge < -0.3 is 20.3 Å². The van der Waals surface area contributed by atoms with Crippen LogP contribution in [0.25, 0.3) is 0 Å². The molecule has 1 aromatic heterocycles. The van der Waals surface area contributed by atoms with E-state index in [1.54, 1.807) is 7.11 Å². The quantitative estimate of drug-likeness (QED) is 0.333. The molecule has 1 heterocycles. The fourth-order valence-corrected chi connectivity index (χ4v) is 2.81. The van der Waals surface area contributed by atoms with Crippen molar-refractivity contribution in [1.82, 2.24) is 15.6 Å². The Kier molecular flexibility index (Phi) is 10.7. The number of pyridine rings is 1. The second-order valence-corrected chi connectivity index (χ2v) is 6.56. The molecule has 154 valence electrons. The van der Waals surface area contributed by atoms with Crippen LogP contribution >= 0.6 is 24.0 Å². The zero-order valence-electron chi connectivity index (χ0n) is 17.5. The third-order valence-corrected chi connectivity index (χ3v) is 4.22. The lowest BCUT2D eigenvalue weighted by Crippen LogP contribution is -2.38. The highest BCUT2D eigenvalue weighted by Crippen LogP contribution is 2.19. The highest BCUT2D eigenvalue weighted by atomic mass is 127. The van der Waals surface area contributed by atoms with E-state index < -0.39 is 0 Å². The van der Waals surface area contributed by atoms with Crippen LogP contribution in [0.5, 0.6) is 5.75 Å². The van der Waals surface area contributed by atoms with Gasteiger partial charge in [0.15, 0.2) is 5.96 Å². The van der Waals surface area contributed by atoms with Gasteiger partial charge in [-0.25, -0.2) is 9.98 Å². The summed E-state index contributed by atoms with van der Waals surface area (Å²) in [7, 11) is 5.70. The largest absolute Gasteiger partial charge is 0.496 e. The zero-order valence-corrected chi connectivity index (χ0v) is 19.8. The summed E-state index contributed by atoms with van der Waals surface area (Å²) in [6, 6.07) is 10.3. The van der Waals surface area contributed by atoms with Crippen LogP contribution in [0.3, 0.4) is 0 Å². The minimum atomic E-state index is 0. The van der Waals surface area contributed by atoms with Crippen LogP contribution in [0.15, 0.2) is 41.5 Å². The molecule has 2 rings (SSSR count). The minimum absolute atomic E-state index is 0. The molecular weight excluding hydrogens is 465 g/mol. The fraction of sp³-hybridized carbons (Fsp3) is 0.429. The summed E-state index contributed by atoms with van der Waals surface area (Å²) in [5.74, 6) is 2.69. The number of anilines is 1. The van der Waals surface area contributed by atoms with Gasteiger partial charge in [0.2, 0.25) is 0 Å². The van der Waals surface area contributed by atoms with Crippen molar-refractivity contribution in [3.05, 3.63) is 53.2 Å². The van der Waals surface area contributed by atoms with E-state index in [1.807, 2.05) is 31.3 Å². The first-order chi connectivity index (χ1) is 13.0. The van der Waals surface area contributed by atoms with E-state index in [4.69, 9.17) is 9.73 Å². The van der Waals surface area contributed by atoms with E-state index in [0.29, 0.717) is 6.54 Å². The van der Waals surface area contributed by atoms with Crippen LogP contribution < -0.4 is 20.3 Å². The molecule has 0 aliphatic carbocycles. The van der Waals surface area contributed by atoms with Crippen LogP contribution in [-0.4, -0.2) is 45.2 Å². The number of nitrogens with zero attached hydrogens (tertiary/aromatic N) is 3. The molecule has 1 aromatic carbocycles. The number of hydrogen-bond donors (Lipinski definition) is 2. The van der Waals surface area contributed by atoms with E-state index >= 15 is 0 Å². The number of nitrogens with one attached hydrogen (secondary N) is 2. The fourth-order valence-electron chi connectivity index (χ4n) is 2.81. The molecule has 0 spiro atoms. The molecule has 0 atom stereocenters. The van der Waals surface area contributed by atoms with Gasteiger partial charge in [-0.15, -0.1) is 24.0 Å². The lowest BCUT2D eigenvalue weighted by atomic mass is 10.1. The molecule has 0 saturated heterocycles. The summed E-state index contributed by atoms with van der Waals surface area (Å²) in [6.45, 7) is 6.31. The molecule has 0 radical (unpaired) electrons. The third kappa shape index (κ3) is 7.18. The number of benzene rings is 1. The highest BCUT2D eigenvalue weighted by molar-refractivity contribution is 14.0. The van der Waals surface area contributed by atoms with Crippen LogP contribution in [0.4, 0.5) is 5.82 Å². The van der Waals surface area contributed by atoms with Gasteiger partial charge >= 0.3 is 0 Å². The summed E-state index contributed by atoms with van der Waals surface area (Å²) in [5.41, 5.74) is 3.49. The topological polar surface area (TPSA) is 61.8 Å². The summed E-state index contributed by atoms with van der Waals surface area (Å²) in [5, 5.41) is 6.70. The maximum Gasteiger partial charge on any atom is 0.191 e. The number of rotatable bonds is 8. The van der Waals surface area contributed by atoms with E-state index in [0.717, 1.165) is 48.2 Å². The normalized spacial score (nSPS) is 10.8. The van der Waals surface area contributed by atoms with Crippen molar-refractivity contribution in [2.24, 2.45) is 4.99 Å². The predicted octanol–water partition coefficient (Wildman–Crippen LogP) is 3.38. The first kappa shape index (κ1) is 24.0. The van der Waals surface area contributed by atoms with Crippen molar-refractivity contribution in [3.63, 3.8) is 0 Å². The molecule has 0 amide bonds. The van der Waals surface area contributed by atoms with Crippen molar-refractivity contribution in [2.45, 2.75) is 26.8 Å². The van der Waals surface area contributed by atoms with Gasteiger partial charge in [-0.2, -0.15) is 0 Å². The summed E-state index contributed by atoms with van der Waals surface area (Å²) in [6.07, 6.45) is 2.71. The van der Waals surface area contributed by atoms with Crippen molar-refractivity contribution in [1.29, 1.82) is 0 Å². The SMILES string of the molecule is CCNC(=NCc1cccnc1N(C)C)NCCc1ccc(C)c(OC)c1.I. The van der Waals surface area contributed by atoms with E-state index in [-0.39, 0.29) is 24.0 Å². The number of aryl methyl sites for hydroxylation is 1. The number of aliphatic imine (C=N–C) groups is 1. The van der Waals surface area contributed by atoms with Crippen LogP contribution in [0.1, 0.15) is 23.6 Å². The average Bonchev–Trinajstić information content (AvgIpc) is 2.67. The maximum absolute atomic E-state index is 5.40.